The van der Waals surface area contributed by atoms with Gasteiger partial charge in [0.25, 0.3) is 0 Å². The Morgan fingerprint density at radius 2 is 2.12 bits per heavy atom. The van der Waals surface area contributed by atoms with Gasteiger partial charge in [0.05, 0.1) is 0 Å². The number of nitroso groups, excluding NO2 is 1. The summed E-state index contributed by atoms with van der Waals surface area (Å²) in [6, 6.07) is 6.51. The number of fused-ring (bicyclic) bond motifs is 1. The number of H-pyrrole nitrogens is 1. The fourth-order valence-electron chi connectivity index (χ4n) is 2.78. The summed E-state index contributed by atoms with van der Waals surface area (Å²) in [7, 11) is 0. The van der Waals surface area contributed by atoms with Crippen molar-refractivity contribution < 1.29 is 14.7 Å². The van der Waals surface area contributed by atoms with Crippen LogP contribution < -0.4 is 11.1 Å². The molecule has 0 aliphatic carbocycles. The minimum atomic E-state index is -1.11. The number of hydrogen-bond donors (Lipinski definition) is 4. The van der Waals surface area contributed by atoms with Crippen molar-refractivity contribution in [2.75, 3.05) is 12.3 Å². The molecule has 5 N–H and O–H groups in total. The number of carbonyl (C=O) groups is 2. The van der Waals surface area contributed by atoms with E-state index in [4.69, 9.17) is 5.73 Å². The van der Waals surface area contributed by atoms with E-state index in [9.17, 15) is 19.6 Å². The van der Waals surface area contributed by atoms with Crippen LogP contribution in [0.4, 0.5) is 0 Å². The van der Waals surface area contributed by atoms with Crippen molar-refractivity contribution in [1.82, 2.24) is 10.3 Å². The first kappa shape index (κ1) is 19.9. The maximum absolute atomic E-state index is 12.5. The lowest BCUT2D eigenvalue weighted by atomic mass is 10.0. The van der Waals surface area contributed by atoms with Crippen LogP contribution in [0.2, 0.25) is 0 Å². The van der Waals surface area contributed by atoms with E-state index in [1.807, 2.05) is 24.3 Å². The summed E-state index contributed by atoms with van der Waals surface area (Å²) in [6.07, 6.45) is 3.00. The van der Waals surface area contributed by atoms with Crippen LogP contribution in [0.3, 0.4) is 0 Å². The highest BCUT2D eigenvalue weighted by atomic mass is 32.2. The van der Waals surface area contributed by atoms with Crippen LogP contribution >= 0.6 is 11.9 Å². The predicted octanol–water partition coefficient (Wildman–Crippen LogP) is 2.05. The number of carboxylic acids is 1. The molecule has 0 unspecified atom stereocenters. The second kappa shape index (κ2) is 9.93. The Morgan fingerprint density at radius 1 is 1.35 bits per heavy atom. The normalized spacial score (nSPS) is 13.3. The monoisotopic (exact) mass is 378 g/mol. The van der Waals surface area contributed by atoms with Crippen molar-refractivity contribution in [1.29, 1.82) is 0 Å². The number of hydrogen-bond acceptors (Lipinski definition) is 6. The van der Waals surface area contributed by atoms with Crippen molar-refractivity contribution in [3.8, 4) is 0 Å². The Kier molecular flexibility index (Phi) is 7.61. The third-order valence-corrected chi connectivity index (χ3v) is 4.83. The van der Waals surface area contributed by atoms with Crippen LogP contribution in [0, 0.1) is 10.8 Å². The van der Waals surface area contributed by atoms with Crippen LogP contribution in [0.1, 0.15) is 18.4 Å². The lowest BCUT2D eigenvalue weighted by Crippen LogP contribution is -2.45. The molecule has 2 aromatic rings. The zero-order valence-corrected chi connectivity index (χ0v) is 15.0. The highest BCUT2D eigenvalue weighted by Gasteiger charge is 2.26. The smallest absolute Gasteiger partial charge is 0.326 e. The van der Waals surface area contributed by atoms with Crippen molar-refractivity contribution in [2.24, 2.45) is 16.2 Å². The van der Waals surface area contributed by atoms with Gasteiger partial charge in [-0.1, -0.05) is 18.2 Å². The highest BCUT2D eigenvalue weighted by molar-refractivity contribution is 7.97. The highest BCUT2D eigenvalue weighted by Crippen LogP contribution is 2.20. The maximum Gasteiger partial charge on any atom is 0.326 e. The molecule has 9 heteroatoms. The fraction of sp³-hybridized carbons (Fsp3) is 0.412. The standard InChI is InChI=1S/C17H22N4O4S/c18-7-3-4-11(10-26-21-25)16(22)20-15(17(23)24)8-12-9-19-14-6-2-1-5-13(12)14/h1-2,5-6,9,11,15,19H,3-4,7-8,10,18H2,(H,20,22)(H,23,24)/t11-,15+/m1/s1. The molecule has 0 spiro atoms. The van der Waals surface area contributed by atoms with Crippen LogP contribution in [0.5, 0.6) is 0 Å². The number of aliphatic carboxylic acids is 1. The number of benzene rings is 1. The molecule has 0 fully saturated rings. The Labute approximate surface area is 155 Å². The topological polar surface area (TPSA) is 138 Å². The van der Waals surface area contributed by atoms with Crippen LogP contribution in [0.15, 0.2) is 35.0 Å². The molecular formula is C17H22N4O4S. The summed E-state index contributed by atoms with van der Waals surface area (Å²) in [5.41, 5.74) is 7.20. The zero-order chi connectivity index (χ0) is 18.9. The average Bonchev–Trinajstić information content (AvgIpc) is 3.04. The number of para-hydroxylation sites is 1. The van der Waals surface area contributed by atoms with Gasteiger partial charge < -0.3 is 21.1 Å². The SMILES string of the molecule is NCCC[C@H](CSN=O)C(=O)N[C@@H](Cc1c[nH]c2ccccc12)C(=O)O. The van der Waals surface area contributed by atoms with Gasteiger partial charge in [-0.3, -0.25) is 4.79 Å². The number of carboxylic acid groups (broad SMARTS) is 1. The molecule has 26 heavy (non-hydrogen) atoms. The summed E-state index contributed by atoms with van der Waals surface area (Å²) < 4.78 is 2.71. The van der Waals surface area contributed by atoms with Gasteiger partial charge in [-0.05, 0) is 31.0 Å². The van der Waals surface area contributed by atoms with Crippen LogP contribution in [-0.4, -0.2) is 40.3 Å². The quantitative estimate of drug-likeness (QED) is 0.349. The Morgan fingerprint density at radius 3 is 2.81 bits per heavy atom. The molecule has 8 nitrogen and oxygen atoms in total. The molecule has 2 rings (SSSR count). The van der Waals surface area contributed by atoms with E-state index in [1.54, 1.807) is 6.20 Å². The second-order valence-electron chi connectivity index (χ2n) is 5.96. The lowest BCUT2D eigenvalue weighted by molar-refractivity contribution is -0.142. The number of nitrogens with two attached hydrogens (primary N) is 1. The summed E-state index contributed by atoms with van der Waals surface area (Å²) in [4.78, 5) is 37.5. The van der Waals surface area contributed by atoms with Crippen molar-refractivity contribution in [3.63, 3.8) is 0 Å². The van der Waals surface area contributed by atoms with Crippen molar-refractivity contribution in [2.45, 2.75) is 25.3 Å². The minimum absolute atomic E-state index is 0.160. The van der Waals surface area contributed by atoms with E-state index in [-0.39, 0.29) is 12.2 Å². The maximum atomic E-state index is 12.5. The van der Waals surface area contributed by atoms with Gasteiger partial charge in [-0.2, -0.15) is 0 Å². The third kappa shape index (κ3) is 5.30. The van der Waals surface area contributed by atoms with Gasteiger partial charge in [-0.25, -0.2) is 4.79 Å². The summed E-state index contributed by atoms with van der Waals surface area (Å²) >= 11 is 0.753. The molecule has 1 aromatic heterocycles. The molecule has 0 saturated heterocycles. The van der Waals surface area contributed by atoms with Crippen molar-refractivity contribution >= 4 is 34.7 Å². The zero-order valence-electron chi connectivity index (χ0n) is 14.2. The lowest BCUT2D eigenvalue weighted by Gasteiger charge is -2.19. The van der Waals surface area contributed by atoms with Gasteiger partial charge in [0.15, 0.2) is 0 Å². The van der Waals surface area contributed by atoms with Crippen LogP contribution in [0.25, 0.3) is 10.9 Å². The minimum Gasteiger partial charge on any atom is -0.480 e. The van der Waals surface area contributed by atoms with Gasteiger partial charge in [-0.15, -0.1) is 4.91 Å². The number of carbonyl (C=O) groups excluding carboxylic acids is 1. The fourth-order valence-corrected chi connectivity index (χ4v) is 3.34. The van der Waals surface area contributed by atoms with E-state index >= 15 is 0 Å². The number of rotatable bonds is 11. The Bertz CT molecular complexity index is 764. The van der Waals surface area contributed by atoms with E-state index in [1.165, 1.54) is 0 Å². The first-order valence-electron chi connectivity index (χ1n) is 8.29. The van der Waals surface area contributed by atoms with Gasteiger partial charge in [0, 0.05) is 51.7 Å². The molecule has 140 valence electrons. The molecule has 0 radical (unpaired) electrons. The van der Waals surface area contributed by atoms with E-state index < -0.39 is 23.8 Å². The molecule has 1 heterocycles. The van der Waals surface area contributed by atoms with E-state index in [2.05, 4.69) is 14.9 Å². The second-order valence-corrected chi connectivity index (χ2v) is 6.70. The van der Waals surface area contributed by atoms with Gasteiger partial charge in [0.1, 0.15) is 6.04 Å². The van der Waals surface area contributed by atoms with Crippen LogP contribution in [-0.2, 0) is 16.0 Å². The number of nitrogens with one attached hydrogen (secondary N) is 2. The van der Waals surface area contributed by atoms with Crippen molar-refractivity contribution in [3.05, 3.63) is 40.9 Å². The molecule has 0 aliphatic rings. The number of aromatic amines is 1. The molecule has 1 aromatic carbocycles. The largest absolute Gasteiger partial charge is 0.480 e. The third-order valence-electron chi connectivity index (χ3n) is 4.17. The first-order valence-corrected chi connectivity index (χ1v) is 9.24. The molecular weight excluding hydrogens is 356 g/mol. The van der Waals surface area contributed by atoms with E-state index in [0.29, 0.717) is 19.4 Å². The van der Waals surface area contributed by atoms with Gasteiger partial charge >= 0.3 is 5.97 Å². The summed E-state index contributed by atoms with van der Waals surface area (Å²) in [5, 5.41) is 13.0. The average molecular weight is 378 g/mol. The van der Waals surface area contributed by atoms with Gasteiger partial charge in [0.2, 0.25) is 5.91 Å². The summed E-state index contributed by atoms with van der Waals surface area (Å²) in [6.45, 7) is 0.417. The molecule has 2 atom stereocenters. The number of aromatic nitrogens is 1. The Hall–Kier alpha value is -2.39. The summed E-state index contributed by atoms with van der Waals surface area (Å²) in [5.74, 6) is -1.82. The molecule has 0 saturated carbocycles. The Balaban J connectivity index is 2.09. The molecule has 0 aliphatic heterocycles. The number of amides is 1. The molecule has 1 amide bonds. The van der Waals surface area contributed by atoms with E-state index in [0.717, 1.165) is 28.4 Å². The first-order chi connectivity index (χ1) is 12.6. The number of nitrogens with zero attached hydrogens (tertiary/aromatic N) is 1. The molecule has 0 bridgehead atoms. The predicted molar refractivity (Wildman–Crippen MR) is 102 cm³/mol.